The average Bonchev–Trinajstić information content (AvgIpc) is 2.53. The highest BCUT2D eigenvalue weighted by molar-refractivity contribution is 4.98. The Hall–Kier alpha value is -0.900. The Kier molecular flexibility index (Phi) is 2.31. The highest BCUT2D eigenvalue weighted by Gasteiger charge is 2.22. The number of nitrogens with zero attached hydrogens (tertiary/aromatic N) is 2. The molecule has 2 unspecified atom stereocenters. The van der Waals surface area contributed by atoms with Crippen molar-refractivity contribution >= 4 is 0 Å². The zero-order valence-corrected chi connectivity index (χ0v) is 8.08. The van der Waals surface area contributed by atoms with Gasteiger partial charge in [0.15, 0.2) is 5.82 Å². The van der Waals surface area contributed by atoms with Gasteiger partial charge in [0, 0.05) is 25.4 Å². The van der Waals surface area contributed by atoms with Gasteiger partial charge in [0.1, 0.15) is 0 Å². The van der Waals surface area contributed by atoms with Crippen LogP contribution in [0.1, 0.15) is 37.4 Å². The lowest BCUT2D eigenvalue weighted by molar-refractivity contribution is 0.350. The Balaban J connectivity index is 2.02. The summed E-state index contributed by atoms with van der Waals surface area (Å²) in [7, 11) is 0. The Bertz CT molecular complexity index is 276. The summed E-state index contributed by atoms with van der Waals surface area (Å²) in [5.41, 5.74) is 0. The SMILES string of the molecule is Cc1nc(C2CCC(C)NC2)no1. The molecule has 0 aliphatic carbocycles. The van der Waals surface area contributed by atoms with E-state index < -0.39 is 0 Å². The second-order valence-electron chi connectivity index (χ2n) is 3.76. The van der Waals surface area contributed by atoms with Crippen LogP contribution in [-0.4, -0.2) is 22.7 Å². The first-order chi connectivity index (χ1) is 6.25. The summed E-state index contributed by atoms with van der Waals surface area (Å²) in [4.78, 5) is 4.24. The zero-order chi connectivity index (χ0) is 9.26. The fourth-order valence-corrected chi connectivity index (χ4v) is 1.70. The third-order valence-corrected chi connectivity index (χ3v) is 2.57. The summed E-state index contributed by atoms with van der Waals surface area (Å²) in [5, 5.41) is 7.36. The molecule has 1 aromatic rings. The van der Waals surface area contributed by atoms with Crippen molar-refractivity contribution in [2.45, 2.75) is 38.6 Å². The molecular weight excluding hydrogens is 166 g/mol. The van der Waals surface area contributed by atoms with Gasteiger partial charge >= 0.3 is 0 Å². The molecule has 0 bridgehead atoms. The van der Waals surface area contributed by atoms with Gasteiger partial charge in [-0.3, -0.25) is 0 Å². The van der Waals surface area contributed by atoms with Crippen molar-refractivity contribution in [3.8, 4) is 0 Å². The lowest BCUT2D eigenvalue weighted by Gasteiger charge is -2.25. The number of piperidine rings is 1. The molecule has 2 rings (SSSR count). The van der Waals surface area contributed by atoms with Crippen LogP contribution in [0, 0.1) is 6.92 Å². The van der Waals surface area contributed by atoms with Crippen molar-refractivity contribution in [1.82, 2.24) is 15.5 Å². The van der Waals surface area contributed by atoms with Gasteiger partial charge in [-0.2, -0.15) is 4.98 Å². The van der Waals surface area contributed by atoms with E-state index in [9.17, 15) is 0 Å². The summed E-state index contributed by atoms with van der Waals surface area (Å²) in [6.45, 7) is 5.01. The molecule has 1 aliphatic rings. The molecular formula is C9H15N3O. The van der Waals surface area contributed by atoms with E-state index in [1.165, 1.54) is 6.42 Å². The van der Waals surface area contributed by atoms with Crippen molar-refractivity contribution in [2.75, 3.05) is 6.54 Å². The molecule has 0 aromatic carbocycles. The monoisotopic (exact) mass is 181 g/mol. The summed E-state index contributed by atoms with van der Waals surface area (Å²) >= 11 is 0. The maximum atomic E-state index is 4.96. The van der Waals surface area contributed by atoms with E-state index in [-0.39, 0.29) is 0 Å². The molecule has 0 spiro atoms. The first kappa shape index (κ1) is 8.69. The quantitative estimate of drug-likeness (QED) is 0.708. The Morgan fingerprint density at radius 1 is 1.46 bits per heavy atom. The number of nitrogens with one attached hydrogen (secondary N) is 1. The molecule has 72 valence electrons. The van der Waals surface area contributed by atoms with Crippen LogP contribution in [0.15, 0.2) is 4.52 Å². The maximum absolute atomic E-state index is 4.96. The molecule has 1 aromatic heterocycles. The normalized spacial score (nSPS) is 29.1. The summed E-state index contributed by atoms with van der Waals surface area (Å²) in [5.74, 6) is 1.96. The minimum atomic E-state index is 0.439. The molecule has 1 saturated heterocycles. The van der Waals surface area contributed by atoms with Crippen LogP contribution in [0.2, 0.25) is 0 Å². The molecule has 0 amide bonds. The summed E-state index contributed by atoms with van der Waals surface area (Å²) in [6, 6.07) is 0.629. The summed E-state index contributed by atoms with van der Waals surface area (Å²) < 4.78 is 4.96. The molecule has 2 heterocycles. The Morgan fingerprint density at radius 3 is 2.85 bits per heavy atom. The largest absolute Gasteiger partial charge is 0.340 e. The van der Waals surface area contributed by atoms with Gasteiger partial charge in [-0.1, -0.05) is 5.16 Å². The van der Waals surface area contributed by atoms with Crippen LogP contribution in [0.4, 0.5) is 0 Å². The molecule has 0 saturated carbocycles. The third-order valence-electron chi connectivity index (χ3n) is 2.57. The van der Waals surface area contributed by atoms with Gasteiger partial charge in [0.05, 0.1) is 0 Å². The first-order valence-corrected chi connectivity index (χ1v) is 4.79. The van der Waals surface area contributed by atoms with Crippen LogP contribution >= 0.6 is 0 Å². The van der Waals surface area contributed by atoms with Gasteiger partial charge in [-0.15, -0.1) is 0 Å². The predicted octanol–water partition coefficient (Wildman–Crippen LogP) is 1.23. The van der Waals surface area contributed by atoms with E-state index in [2.05, 4.69) is 22.4 Å². The fourth-order valence-electron chi connectivity index (χ4n) is 1.70. The molecule has 4 nitrogen and oxygen atoms in total. The number of rotatable bonds is 1. The molecule has 4 heteroatoms. The van der Waals surface area contributed by atoms with E-state index in [4.69, 9.17) is 4.52 Å². The highest BCUT2D eigenvalue weighted by atomic mass is 16.5. The van der Waals surface area contributed by atoms with Crippen LogP contribution < -0.4 is 5.32 Å². The van der Waals surface area contributed by atoms with Crippen LogP contribution in [-0.2, 0) is 0 Å². The fraction of sp³-hybridized carbons (Fsp3) is 0.778. The number of hydrogen-bond donors (Lipinski definition) is 1. The van der Waals surface area contributed by atoms with Crippen molar-refractivity contribution in [1.29, 1.82) is 0 Å². The first-order valence-electron chi connectivity index (χ1n) is 4.79. The van der Waals surface area contributed by atoms with E-state index >= 15 is 0 Å². The van der Waals surface area contributed by atoms with Gasteiger partial charge < -0.3 is 9.84 Å². The van der Waals surface area contributed by atoms with Gasteiger partial charge in [0.2, 0.25) is 5.89 Å². The number of aryl methyl sites for hydroxylation is 1. The number of hydrogen-bond acceptors (Lipinski definition) is 4. The molecule has 0 radical (unpaired) electrons. The molecule has 1 aliphatic heterocycles. The molecule has 13 heavy (non-hydrogen) atoms. The molecule has 1 fully saturated rings. The Morgan fingerprint density at radius 2 is 2.31 bits per heavy atom. The van der Waals surface area contributed by atoms with Crippen LogP contribution in [0.5, 0.6) is 0 Å². The predicted molar refractivity (Wildman–Crippen MR) is 48.5 cm³/mol. The second kappa shape index (κ2) is 3.46. The number of aromatic nitrogens is 2. The minimum Gasteiger partial charge on any atom is -0.340 e. The highest BCUT2D eigenvalue weighted by Crippen LogP contribution is 2.22. The zero-order valence-electron chi connectivity index (χ0n) is 8.08. The van der Waals surface area contributed by atoms with Gasteiger partial charge in [0.25, 0.3) is 0 Å². The van der Waals surface area contributed by atoms with E-state index in [0.717, 1.165) is 18.8 Å². The summed E-state index contributed by atoms with van der Waals surface area (Å²) in [6.07, 6.45) is 2.35. The third kappa shape index (κ3) is 1.88. The molecule has 1 N–H and O–H groups in total. The topological polar surface area (TPSA) is 51.0 Å². The standard InChI is InChI=1S/C9H15N3O/c1-6-3-4-8(5-10-6)9-11-7(2)13-12-9/h6,8,10H,3-5H2,1-2H3. The van der Waals surface area contributed by atoms with Gasteiger partial charge in [-0.05, 0) is 19.8 Å². The van der Waals surface area contributed by atoms with Gasteiger partial charge in [-0.25, -0.2) is 0 Å². The van der Waals surface area contributed by atoms with Crippen LogP contribution in [0.3, 0.4) is 0 Å². The van der Waals surface area contributed by atoms with Crippen molar-refractivity contribution in [2.24, 2.45) is 0 Å². The lowest BCUT2D eigenvalue weighted by Crippen LogP contribution is -2.36. The van der Waals surface area contributed by atoms with E-state index in [1.54, 1.807) is 0 Å². The second-order valence-corrected chi connectivity index (χ2v) is 3.76. The van der Waals surface area contributed by atoms with Crippen molar-refractivity contribution in [3.63, 3.8) is 0 Å². The van der Waals surface area contributed by atoms with Crippen LogP contribution in [0.25, 0.3) is 0 Å². The van der Waals surface area contributed by atoms with Crippen molar-refractivity contribution in [3.05, 3.63) is 11.7 Å². The van der Waals surface area contributed by atoms with E-state index in [1.807, 2.05) is 6.92 Å². The minimum absolute atomic E-state index is 0.439. The van der Waals surface area contributed by atoms with Crippen molar-refractivity contribution < 1.29 is 4.52 Å². The molecule has 2 atom stereocenters. The van der Waals surface area contributed by atoms with E-state index in [0.29, 0.717) is 17.9 Å². The maximum Gasteiger partial charge on any atom is 0.223 e. The Labute approximate surface area is 77.7 Å². The lowest BCUT2D eigenvalue weighted by atomic mass is 9.95. The average molecular weight is 181 g/mol. The smallest absolute Gasteiger partial charge is 0.223 e.